The van der Waals surface area contributed by atoms with E-state index in [1.807, 2.05) is 0 Å². The number of terminal acetylenes is 1. The van der Waals surface area contributed by atoms with Gasteiger partial charge in [0.2, 0.25) is 0 Å². The summed E-state index contributed by atoms with van der Waals surface area (Å²) in [5.41, 5.74) is 0.113. The maximum absolute atomic E-state index is 12.8. The second-order valence-corrected chi connectivity index (χ2v) is 1.84. The number of pyridine rings is 1. The van der Waals surface area contributed by atoms with E-state index in [-0.39, 0.29) is 11.3 Å². The predicted molar refractivity (Wildman–Crippen MR) is 38.7 cm³/mol. The standard InChI is InChI=1S/C8H6FNO/c1-3-6-7(9)4-10-5-8(6)11-2/h1,4-5H,2H3. The number of methoxy groups -OCH3 is 1. The Balaban J connectivity index is 3.27. The molecule has 0 spiro atoms. The molecule has 0 saturated carbocycles. The highest BCUT2D eigenvalue weighted by Crippen LogP contribution is 2.17. The van der Waals surface area contributed by atoms with Gasteiger partial charge in [-0.2, -0.15) is 0 Å². The topological polar surface area (TPSA) is 22.1 Å². The first-order chi connectivity index (χ1) is 5.29. The Hall–Kier alpha value is -1.56. The molecule has 0 aliphatic rings. The normalized spacial score (nSPS) is 8.82. The van der Waals surface area contributed by atoms with Crippen LogP contribution in [0.2, 0.25) is 0 Å². The van der Waals surface area contributed by atoms with Gasteiger partial charge in [-0.3, -0.25) is 4.98 Å². The quantitative estimate of drug-likeness (QED) is 0.563. The van der Waals surface area contributed by atoms with Gasteiger partial charge >= 0.3 is 0 Å². The van der Waals surface area contributed by atoms with Crippen LogP contribution >= 0.6 is 0 Å². The minimum atomic E-state index is -0.535. The van der Waals surface area contributed by atoms with E-state index in [9.17, 15) is 4.39 Å². The largest absolute Gasteiger partial charge is 0.494 e. The lowest BCUT2D eigenvalue weighted by Crippen LogP contribution is -1.92. The van der Waals surface area contributed by atoms with E-state index in [1.54, 1.807) is 0 Å². The van der Waals surface area contributed by atoms with E-state index in [1.165, 1.54) is 13.3 Å². The summed E-state index contributed by atoms with van der Waals surface area (Å²) >= 11 is 0. The second kappa shape index (κ2) is 3.02. The maximum Gasteiger partial charge on any atom is 0.160 e. The van der Waals surface area contributed by atoms with Gasteiger partial charge in [-0.15, -0.1) is 6.42 Å². The highest BCUT2D eigenvalue weighted by Gasteiger charge is 2.05. The Bertz CT molecular complexity index is 303. The molecule has 1 aromatic rings. The number of aromatic nitrogens is 1. The zero-order valence-corrected chi connectivity index (χ0v) is 5.97. The van der Waals surface area contributed by atoms with Gasteiger partial charge in [0.15, 0.2) is 11.6 Å². The summed E-state index contributed by atoms with van der Waals surface area (Å²) in [5.74, 6) is 1.92. The number of hydrogen-bond donors (Lipinski definition) is 0. The highest BCUT2D eigenvalue weighted by atomic mass is 19.1. The van der Waals surface area contributed by atoms with Crippen molar-refractivity contribution in [1.29, 1.82) is 0 Å². The average molecular weight is 151 g/mol. The molecule has 2 nitrogen and oxygen atoms in total. The molecule has 1 rings (SSSR count). The van der Waals surface area contributed by atoms with Crippen LogP contribution in [0.5, 0.6) is 5.75 Å². The third-order valence-corrected chi connectivity index (χ3v) is 1.23. The van der Waals surface area contributed by atoms with Gasteiger partial charge in [0.1, 0.15) is 5.56 Å². The molecule has 0 amide bonds. The Morgan fingerprint density at radius 2 is 2.36 bits per heavy atom. The average Bonchev–Trinajstić information content (AvgIpc) is 2.04. The SMILES string of the molecule is C#Cc1c(F)cncc1OC. The molecule has 0 unspecified atom stereocenters. The van der Waals surface area contributed by atoms with E-state index >= 15 is 0 Å². The zero-order valence-electron chi connectivity index (χ0n) is 5.97. The molecule has 3 heteroatoms. The van der Waals surface area contributed by atoms with Crippen molar-refractivity contribution in [1.82, 2.24) is 4.98 Å². The summed E-state index contributed by atoms with van der Waals surface area (Å²) in [5, 5.41) is 0. The number of nitrogens with zero attached hydrogens (tertiary/aromatic N) is 1. The number of ether oxygens (including phenoxy) is 1. The van der Waals surface area contributed by atoms with Crippen molar-refractivity contribution in [2.75, 3.05) is 7.11 Å². The van der Waals surface area contributed by atoms with Crippen molar-refractivity contribution < 1.29 is 9.13 Å². The number of hydrogen-bond acceptors (Lipinski definition) is 2. The predicted octanol–water partition coefficient (Wildman–Crippen LogP) is 1.21. The van der Waals surface area contributed by atoms with Crippen LogP contribution in [0.1, 0.15) is 5.56 Å². The van der Waals surface area contributed by atoms with Gasteiger partial charge in [-0.25, -0.2) is 4.39 Å². The number of rotatable bonds is 1. The number of halogens is 1. The van der Waals surface area contributed by atoms with Gasteiger partial charge in [0.25, 0.3) is 0 Å². The Morgan fingerprint density at radius 3 is 2.82 bits per heavy atom. The summed E-state index contributed by atoms with van der Waals surface area (Å²) in [6, 6.07) is 0. The molecule has 0 atom stereocenters. The van der Waals surface area contributed by atoms with Gasteiger partial charge in [0.05, 0.1) is 19.5 Å². The Kier molecular flexibility index (Phi) is 2.07. The van der Waals surface area contributed by atoms with Crippen LogP contribution in [0.15, 0.2) is 12.4 Å². The Labute approximate surface area is 64.0 Å². The van der Waals surface area contributed by atoms with Crippen LogP contribution in [0, 0.1) is 18.2 Å². The van der Waals surface area contributed by atoms with Crippen LogP contribution in [0.3, 0.4) is 0 Å². The summed E-state index contributed by atoms with van der Waals surface area (Å²) in [6.45, 7) is 0. The smallest absolute Gasteiger partial charge is 0.160 e. The molecule has 0 saturated heterocycles. The van der Waals surface area contributed by atoms with Crippen LogP contribution in [0.4, 0.5) is 4.39 Å². The van der Waals surface area contributed by atoms with Gasteiger partial charge in [0, 0.05) is 0 Å². The molecule has 0 fully saturated rings. The van der Waals surface area contributed by atoms with Crippen LogP contribution in [-0.4, -0.2) is 12.1 Å². The monoisotopic (exact) mass is 151 g/mol. The molecule has 0 aliphatic carbocycles. The lowest BCUT2D eigenvalue weighted by Gasteiger charge is -2.01. The fraction of sp³-hybridized carbons (Fsp3) is 0.125. The van der Waals surface area contributed by atoms with Crippen molar-refractivity contribution in [2.45, 2.75) is 0 Å². The van der Waals surface area contributed by atoms with Gasteiger partial charge < -0.3 is 4.74 Å². The molecule has 1 heterocycles. The van der Waals surface area contributed by atoms with Crippen LogP contribution in [-0.2, 0) is 0 Å². The molecule has 0 bridgehead atoms. The summed E-state index contributed by atoms with van der Waals surface area (Å²) in [6.07, 6.45) is 7.46. The zero-order chi connectivity index (χ0) is 8.27. The first kappa shape index (κ1) is 7.55. The van der Waals surface area contributed by atoms with Crippen molar-refractivity contribution in [3.63, 3.8) is 0 Å². The summed E-state index contributed by atoms with van der Waals surface area (Å²) in [7, 11) is 1.41. The van der Waals surface area contributed by atoms with E-state index < -0.39 is 5.82 Å². The maximum atomic E-state index is 12.8. The fourth-order valence-electron chi connectivity index (χ4n) is 0.712. The first-order valence-corrected chi connectivity index (χ1v) is 2.93. The van der Waals surface area contributed by atoms with E-state index in [2.05, 4.69) is 10.9 Å². The molecular weight excluding hydrogens is 145 g/mol. The molecule has 56 valence electrons. The minimum Gasteiger partial charge on any atom is -0.494 e. The molecule has 0 N–H and O–H groups in total. The molecule has 0 aromatic carbocycles. The molecular formula is C8H6FNO. The molecule has 11 heavy (non-hydrogen) atoms. The first-order valence-electron chi connectivity index (χ1n) is 2.93. The van der Waals surface area contributed by atoms with Crippen LogP contribution in [0.25, 0.3) is 0 Å². The Morgan fingerprint density at radius 1 is 1.64 bits per heavy atom. The molecule has 0 radical (unpaired) electrons. The summed E-state index contributed by atoms with van der Waals surface area (Å²) in [4.78, 5) is 3.57. The van der Waals surface area contributed by atoms with Crippen molar-refractivity contribution >= 4 is 0 Å². The fourth-order valence-corrected chi connectivity index (χ4v) is 0.712. The summed E-state index contributed by atoms with van der Waals surface area (Å²) < 4.78 is 17.5. The van der Waals surface area contributed by atoms with Crippen molar-refractivity contribution in [2.24, 2.45) is 0 Å². The minimum absolute atomic E-state index is 0.113. The van der Waals surface area contributed by atoms with E-state index in [0.717, 1.165) is 6.20 Å². The lowest BCUT2D eigenvalue weighted by molar-refractivity contribution is 0.407. The molecule has 0 aliphatic heterocycles. The third kappa shape index (κ3) is 1.30. The van der Waals surface area contributed by atoms with Crippen molar-refractivity contribution in [3.05, 3.63) is 23.8 Å². The van der Waals surface area contributed by atoms with Gasteiger partial charge in [-0.1, -0.05) is 5.92 Å². The highest BCUT2D eigenvalue weighted by molar-refractivity contribution is 5.43. The van der Waals surface area contributed by atoms with Crippen molar-refractivity contribution in [3.8, 4) is 18.1 Å². The second-order valence-electron chi connectivity index (χ2n) is 1.84. The van der Waals surface area contributed by atoms with E-state index in [4.69, 9.17) is 11.2 Å². The van der Waals surface area contributed by atoms with E-state index in [0.29, 0.717) is 0 Å². The third-order valence-electron chi connectivity index (χ3n) is 1.23. The van der Waals surface area contributed by atoms with Crippen LogP contribution < -0.4 is 4.74 Å². The van der Waals surface area contributed by atoms with Gasteiger partial charge in [-0.05, 0) is 0 Å². The molecule has 1 aromatic heterocycles. The lowest BCUT2D eigenvalue weighted by atomic mass is 10.2.